The van der Waals surface area contributed by atoms with Gasteiger partial charge in [0.15, 0.2) is 17.5 Å². The van der Waals surface area contributed by atoms with E-state index in [1.165, 1.54) is 6.07 Å². The molecule has 0 saturated heterocycles. The molecule has 1 aromatic heterocycles. The topological polar surface area (TPSA) is 38.7 Å². The zero-order chi connectivity index (χ0) is 24.3. The average Bonchev–Trinajstić information content (AvgIpc) is 2.90. The van der Waals surface area contributed by atoms with Crippen LogP contribution in [-0.2, 0) is 0 Å². The second-order valence-corrected chi connectivity index (χ2v) is 7.33. The summed E-state index contributed by atoms with van der Waals surface area (Å²) in [4.78, 5) is 14.1. The van der Waals surface area contributed by atoms with Crippen molar-refractivity contribution in [2.24, 2.45) is 0 Å². The van der Waals surface area contributed by atoms with Gasteiger partial charge in [-0.25, -0.2) is 19.3 Å². The number of aromatic nitrogens is 3. The van der Waals surface area contributed by atoms with Crippen molar-refractivity contribution in [3.63, 3.8) is 0 Å². The predicted octanol–water partition coefficient (Wildman–Crippen LogP) is 8.41. The largest absolute Gasteiger partial charge is 0.208 e. The van der Waals surface area contributed by atoms with Crippen molar-refractivity contribution in [3.05, 3.63) is 108 Å². The second kappa shape index (κ2) is 12.4. The highest BCUT2D eigenvalue weighted by atomic mass is 19.1. The number of benzene rings is 3. The summed E-state index contributed by atoms with van der Waals surface area (Å²) in [6, 6.07) is 24.5. The van der Waals surface area contributed by atoms with Gasteiger partial charge in [0, 0.05) is 16.7 Å². The Morgan fingerprint density at radius 1 is 0.735 bits per heavy atom. The van der Waals surface area contributed by atoms with Crippen molar-refractivity contribution < 1.29 is 4.39 Å². The fourth-order valence-corrected chi connectivity index (χ4v) is 3.50. The van der Waals surface area contributed by atoms with Crippen LogP contribution in [0.25, 0.3) is 39.7 Å². The van der Waals surface area contributed by atoms with Crippen LogP contribution in [0, 0.1) is 5.82 Å². The Morgan fingerprint density at radius 3 is 1.71 bits per heavy atom. The molecule has 4 rings (SSSR count). The van der Waals surface area contributed by atoms with E-state index in [1.807, 2.05) is 99.7 Å². The van der Waals surface area contributed by atoms with Crippen LogP contribution in [0.2, 0.25) is 0 Å². The van der Waals surface area contributed by atoms with E-state index >= 15 is 0 Å². The molecule has 4 aromatic rings. The lowest BCUT2D eigenvalue weighted by Crippen LogP contribution is -2.00. The maximum Gasteiger partial charge on any atom is 0.164 e. The number of hydrogen-bond acceptors (Lipinski definition) is 3. The number of halogens is 1. The molecule has 0 fully saturated rings. The normalized spacial score (nSPS) is 11.3. The van der Waals surface area contributed by atoms with Gasteiger partial charge >= 0.3 is 0 Å². The van der Waals surface area contributed by atoms with Gasteiger partial charge in [0.05, 0.1) is 0 Å². The summed E-state index contributed by atoms with van der Waals surface area (Å²) in [5, 5.41) is 0. The molecule has 0 amide bonds. The first-order chi connectivity index (χ1) is 16.7. The molecule has 1 heterocycles. The molecule has 0 saturated carbocycles. The van der Waals surface area contributed by atoms with Gasteiger partial charge in [-0.1, -0.05) is 99.7 Å². The van der Waals surface area contributed by atoms with E-state index in [-0.39, 0.29) is 5.82 Å². The smallest absolute Gasteiger partial charge is 0.164 e. The van der Waals surface area contributed by atoms with Crippen LogP contribution in [0.1, 0.15) is 39.7 Å². The van der Waals surface area contributed by atoms with Crippen LogP contribution >= 0.6 is 0 Å². The minimum Gasteiger partial charge on any atom is -0.208 e. The van der Waals surface area contributed by atoms with Crippen molar-refractivity contribution in [1.82, 2.24) is 15.0 Å². The van der Waals surface area contributed by atoms with Gasteiger partial charge in [0.1, 0.15) is 5.82 Å². The van der Waals surface area contributed by atoms with Crippen molar-refractivity contribution in [2.75, 3.05) is 0 Å². The van der Waals surface area contributed by atoms with E-state index in [1.54, 1.807) is 6.07 Å². The van der Waals surface area contributed by atoms with E-state index < -0.39 is 0 Å². The molecule has 3 aromatic carbocycles. The summed E-state index contributed by atoms with van der Waals surface area (Å²) in [6.07, 6.45) is 6.88. The van der Waals surface area contributed by atoms with E-state index in [9.17, 15) is 4.39 Å². The minimum absolute atomic E-state index is 0.327. The van der Waals surface area contributed by atoms with Crippen molar-refractivity contribution in [1.29, 1.82) is 0 Å². The number of rotatable bonds is 6. The molecule has 0 aliphatic rings. The predicted molar refractivity (Wildman–Crippen MR) is 141 cm³/mol. The molecule has 0 N–H and O–H groups in total. The summed E-state index contributed by atoms with van der Waals surface area (Å²) in [5.74, 6) is 1.22. The van der Waals surface area contributed by atoms with Crippen molar-refractivity contribution in [2.45, 2.75) is 34.1 Å². The molecule has 172 valence electrons. The van der Waals surface area contributed by atoms with Crippen LogP contribution in [0.4, 0.5) is 4.39 Å². The molecule has 0 bridgehead atoms. The highest BCUT2D eigenvalue weighted by Crippen LogP contribution is 2.28. The summed E-state index contributed by atoms with van der Waals surface area (Å²) in [6.45, 7) is 8.02. The molecule has 0 radical (unpaired) electrons. The summed E-state index contributed by atoms with van der Waals surface area (Å²) in [5.41, 5.74) is 4.14. The minimum atomic E-state index is -0.327. The van der Waals surface area contributed by atoms with E-state index in [4.69, 9.17) is 15.0 Å². The maximum absolute atomic E-state index is 14.7. The van der Waals surface area contributed by atoms with Gasteiger partial charge in [0.25, 0.3) is 0 Å². The molecule has 0 atom stereocenters. The fraction of sp³-hybridized carbons (Fsp3) is 0.167. The van der Waals surface area contributed by atoms with E-state index in [0.717, 1.165) is 28.7 Å². The first-order valence-electron chi connectivity index (χ1n) is 11.7. The van der Waals surface area contributed by atoms with Gasteiger partial charge in [0.2, 0.25) is 0 Å². The molecular formula is C30H30FN3. The first kappa shape index (κ1) is 24.7. The lowest BCUT2D eigenvalue weighted by Gasteiger charge is -2.10. The SMILES string of the molecule is C/C=C\C(=C/CC)c1cc(F)cc(-c2nc(-c3ccccc3)nc(-c3ccccc3)n2)c1.CC. The Morgan fingerprint density at radius 2 is 1.24 bits per heavy atom. The third-order valence-electron chi connectivity index (χ3n) is 4.96. The molecule has 0 unspecified atom stereocenters. The quantitative estimate of drug-likeness (QED) is 0.276. The number of allylic oxidation sites excluding steroid dienone is 4. The zero-order valence-corrected chi connectivity index (χ0v) is 20.2. The standard InChI is InChI=1S/C28H24FN3.C2H6/c1-3-11-20(12-4-2)23-17-24(19-25(29)18-23)28-31-26(21-13-7-5-8-14-21)30-27(32-28)22-15-9-6-10-16-22;1-2/h3,5-19H,4H2,1-2H3;1-2H3/b11-3-,20-12+;. The van der Waals surface area contributed by atoms with Gasteiger partial charge < -0.3 is 0 Å². The Bertz CT molecular complexity index is 1210. The molecule has 0 aliphatic carbocycles. The third kappa shape index (κ3) is 6.10. The lowest BCUT2D eigenvalue weighted by atomic mass is 10.0. The third-order valence-corrected chi connectivity index (χ3v) is 4.96. The maximum atomic E-state index is 14.7. The first-order valence-corrected chi connectivity index (χ1v) is 11.7. The Kier molecular flexibility index (Phi) is 8.98. The molecule has 0 aliphatic heterocycles. The highest BCUT2D eigenvalue weighted by Gasteiger charge is 2.14. The second-order valence-electron chi connectivity index (χ2n) is 7.33. The van der Waals surface area contributed by atoms with Crippen molar-refractivity contribution in [3.8, 4) is 34.2 Å². The Balaban J connectivity index is 0.00000158. The molecule has 34 heavy (non-hydrogen) atoms. The Hall–Kier alpha value is -3.92. The molecule has 0 spiro atoms. The molecular weight excluding hydrogens is 421 g/mol. The van der Waals surface area contributed by atoms with Gasteiger partial charge in [-0.05, 0) is 42.7 Å². The molecule has 3 nitrogen and oxygen atoms in total. The van der Waals surface area contributed by atoms with Gasteiger partial charge in [-0.15, -0.1) is 0 Å². The fourth-order valence-electron chi connectivity index (χ4n) is 3.50. The average molecular weight is 452 g/mol. The monoisotopic (exact) mass is 451 g/mol. The summed E-state index contributed by atoms with van der Waals surface area (Å²) >= 11 is 0. The van der Waals surface area contributed by atoms with Crippen LogP contribution in [0.3, 0.4) is 0 Å². The highest BCUT2D eigenvalue weighted by molar-refractivity contribution is 5.77. The number of hydrogen-bond donors (Lipinski definition) is 0. The van der Waals surface area contributed by atoms with Gasteiger partial charge in [-0.2, -0.15) is 0 Å². The van der Waals surface area contributed by atoms with Gasteiger partial charge in [-0.3, -0.25) is 0 Å². The lowest BCUT2D eigenvalue weighted by molar-refractivity contribution is 0.627. The summed E-state index contributed by atoms with van der Waals surface area (Å²) in [7, 11) is 0. The van der Waals surface area contributed by atoms with Crippen LogP contribution < -0.4 is 0 Å². The van der Waals surface area contributed by atoms with Crippen molar-refractivity contribution >= 4 is 5.57 Å². The van der Waals surface area contributed by atoms with E-state index in [2.05, 4.69) is 13.0 Å². The van der Waals surface area contributed by atoms with Crippen LogP contribution in [0.5, 0.6) is 0 Å². The van der Waals surface area contributed by atoms with E-state index in [0.29, 0.717) is 23.0 Å². The van der Waals surface area contributed by atoms with Crippen LogP contribution in [-0.4, -0.2) is 15.0 Å². The Labute approximate surface area is 201 Å². The molecule has 4 heteroatoms. The zero-order valence-electron chi connectivity index (χ0n) is 20.2. The van der Waals surface area contributed by atoms with Crippen LogP contribution in [0.15, 0.2) is 97.1 Å². The number of nitrogens with zero attached hydrogens (tertiary/aromatic N) is 3. The summed E-state index contributed by atoms with van der Waals surface area (Å²) < 4.78 is 14.7.